The van der Waals surface area contributed by atoms with Crippen molar-refractivity contribution < 1.29 is 31.6 Å². The minimum absolute atomic E-state index is 0.0528. The van der Waals surface area contributed by atoms with E-state index < -0.39 is 33.2 Å². The molecule has 2 aromatic carbocycles. The van der Waals surface area contributed by atoms with E-state index in [1.54, 1.807) is 12.1 Å². The molecule has 3 aliphatic rings. The van der Waals surface area contributed by atoms with Crippen LogP contribution < -0.4 is 10.6 Å². The van der Waals surface area contributed by atoms with Crippen molar-refractivity contribution in [3.63, 3.8) is 0 Å². The SMILES string of the molecule is CS(=O)(=O)c1ccc(CN2C(=O)NC3(CCN(CC[C@H](NC(=O)C4CCC(F)(F)CC4)c4ccccc4)CC3)C2=O)cc1. The van der Waals surface area contributed by atoms with Gasteiger partial charge in [0.25, 0.3) is 5.91 Å². The number of alkyl halides is 2. The molecule has 1 spiro atoms. The Kier molecular flexibility index (Phi) is 8.89. The zero-order chi connectivity index (χ0) is 30.8. The van der Waals surface area contributed by atoms with Crippen LogP contribution in [0.1, 0.15) is 62.1 Å². The number of carbonyl (C=O) groups is 3. The summed E-state index contributed by atoms with van der Waals surface area (Å²) in [5.41, 5.74) is 0.626. The van der Waals surface area contributed by atoms with Gasteiger partial charge in [0.2, 0.25) is 11.8 Å². The van der Waals surface area contributed by atoms with Crippen LogP contribution >= 0.6 is 0 Å². The third kappa shape index (κ3) is 7.23. The Morgan fingerprint density at radius 2 is 1.63 bits per heavy atom. The van der Waals surface area contributed by atoms with Crippen LogP contribution in [0.4, 0.5) is 13.6 Å². The number of carbonyl (C=O) groups excluding carboxylic acids is 3. The summed E-state index contributed by atoms with van der Waals surface area (Å²) in [6.07, 6.45) is 2.45. The van der Waals surface area contributed by atoms with Gasteiger partial charge in [0.05, 0.1) is 17.5 Å². The maximum atomic E-state index is 13.6. The highest BCUT2D eigenvalue weighted by atomic mass is 32.2. The molecule has 2 saturated heterocycles. The van der Waals surface area contributed by atoms with Crippen molar-refractivity contribution in [2.24, 2.45) is 5.92 Å². The molecule has 232 valence electrons. The highest BCUT2D eigenvalue weighted by molar-refractivity contribution is 7.90. The number of rotatable bonds is 9. The first-order chi connectivity index (χ1) is 20.4. The lowest BCUT2D eigenvalue weighted by molar-refractivity contribution is -0.133. The zero-order valence-corrected chi connectivity index (χ0v) is 25.0. The van der Waals surface area contributed by atoms with Crippen molar-refractivity contribution in [2.45, 2.75) is 73.9 Å². The Labute approximate surface area is 250 Å². The average molecular weight is 617 g/mol. The summed E-state index contributed by atoms with van der Waals surface area (Å²) in [5.74, 6) is -3.58. The molecule has 0 aromatic heterocycles. The predicted molar refractivity (Wildman–Crippen MR) is 156 cm³/mol. The van der Waals surface area contributed by atoms with Gasteiger partial charge < -0.3 is 15.5 Å². The van der Waals surface area contributed by atoms with Gasteiger partial charge in [-0.2, -0.15) is 0 Å². The first kappa shape index (κ1) is 31.1. The number of urea groups is 1. The monoisotopic (exact) mass is 616 g/mol. The maximum Gasteiger partial charge on any atom is 0.325 e. The van der Waals surface area contributed by atoms with Crippen molar-refractivity contribution in [1.29, 1.82) is 0 Å². The van der Waals surface area contributed by atoms with E-state index in [9.17, 15) is 31.6 Å². The van der Waals surface area contributed by atoms with Gasteiger partial charge in [-0.15, -0.1) is 0 Å². The Hall–Kier alpha value is -3.38. The standard InChI is InChI=1S/C31H38F2N4O5S/c1-43(41,42)25-9-7-22(8-10-25)21-37-28(39)30(35-29(37)40)16-19-36(20-17-30)18-13-26(23-5-3-2-4-6-23)34-27(38)24-11-14-31(32,33)15-12-24/h2-10,24,26H,11-21H2,1H3,(H,34,38)(H,35,40)/t26-/m0/s1. The van der Waals surface area contributed by atoms with Crippen LogP contribution in [0.15, 0.2) is 59.5 Å². The van der Waals surface area contributed by atoms with Crippen LogP contribution in [0.25, 0.3) is 0 Å². The second kappa shape index (κ2) is 12.3. The third-order valence-corrected chi connectivity index (χ3v) is 10.1. The molecule has 4 amide bonds. The van der Waals surface area contributed by atoms with E-state index in [-0.39, 0.29) is 55.0 Å². The molecule has 43 heavy (non-hydrogen) atoms. The summed E-state index contributed by atoms with van der Waals surface area (Å²) in [4.78, 5) is 42.8. The number of likely N-dealkylation sites (tertiary alicyclic amines) is 1. The number of imide groups is 1. The molecular formula is C31H38F2N4O5S. The fraction of sp³-hybridized carbons (Fsp3) is 0.516. The fourth-order valence-corrected chi connectivity index (χ4v) is 6.88. The quantitative estimate of drug-likeness (QED) is 0.411. The lowest BCUT2D eigenvalue weighted by atomic mass is 9.85. The van der Waals surface area contributed by atoms with Crippen molar-refractivity contribution in [1.82, 2.24) is 20.4 Å². The molecule has 1 aliphatic carbocycles. The molecule has 0 bridgehead atoms. The van der Waals surface area contributed by atoms with E-state index in [2.05, 4.69) is 15.5 Å². The third-order valence-electron chi connectivity index (χ3n) is 8.99. The largest absolute Gasteiger partial charge is 0.349 e. The molecule has 5 rings (SSSR count). The van der Waals surface area contributed by atoms with Gasteiger partial charge in [0, 0.05) is 44.6 Å². The van der Waals surface area contributed by atoms with Crippen LogP contribution in [0.3, 0.4) is 0 Å². The van der Waals surface area contributed by atoms with Crippen molar-refractivity contribution >= 4 is 27.7 Å². The van der Waals surface area contributed by atoms with Gasteiger partial charge in [-0.05, 0) is 55.4 Å². The van der Waals surface area contributed by atoms with E-state index in [0.29, 0.717) is 44.5 Å². The summed E-state index contributed by atoms with van der Waals surface area (Å²) < 4.78 is 50.7. The Balaban J connectivity index is 1.16. The van der Waals surface area contributed by atoms with Crippen LogP contribution in [-0.2, 0) is 26.0 Å². The van der Waals surface area contributed by atoms with E-state index >= 15 is 0 Å². The van der Waals surface area contributed by atoms with Crippen molar-refractivity contribution in [2.75, 3.05) is 25.9 Å². The van der Waals surface area contributed by atoms with Gasteiger partial charge in [-0.1, -0.05) is 42.5 Å². The smallest absolute Gasteiger partial charge is 0.325 e. The van der Waals surface area contributed by atoms with Gasteiger partial charge in [-0.3, -0.25) is 14.5 Å². The number of nitrogens with zero attached hydrogens (tertiary/aromatic N) is 2. The molecule has 9 nitrogen and oxygen atoms in total. The summed E-state index contributed by atoms with van der Waals surface area (Å²) in [6.45, 7) is 1.86. The molecule has 2 aliphatic heterocycles. The Bertz CT molecular complexity index is 1430. The topological polar surface area (TPSA) is 116 Å². The number of amides is 4. The average Bonchev–Trinajstić information content (AvgIpc) is 3.20. The second-order valence-corrected chi connectivity index (χ2v) is 14.1. The highest BCUT2D eigenvalue weighted by Crippen LogP contribution is 2.37. The molecule has 2 N–H and O–H groups in total. The van der Waals surface area contributed by atoms with E-state index in [4.69, 9.17) is 0 Å². The molecule has 12 heteroatoms. The first-order valence-corrected chi connectivity index (χ1v) is 16.6. The molecule has 1 atom stereocenters. The van der Waals surface area contributed by atoms with Gasteiger partial charge in [0.1, 0.15) is 5.54 Å². The predicted octanol–water partition coefficient (Wildman–Crippen LogP) is 4.05. The number of hydrogen-bond acceptors (Lipinski definition) is 6. The van der Waals surface area contributed by atoms with E-state index in [1.165, 1.54) is 17.0 Å². The van der Waals surface area contributed by atoms with Crippen LogP contribution in [0.5, 0.6) is 0 Å². The summed E-state index contributed by atoms with van der Waals surface area (Å²) in [5, 5.41) is 6.02. The van der Waals surface area contributed by atoms with Crippen LogP contribution in [0.2, 0.25) is 0 Å². The Morgan fingerprint density at radius 1 is 1.00 bits per heavy atom. The summed E-state index contributed by atoms with van der Waals surface area (Å²) >= 11 is 0. The molecule has 3 fully saturated rings. The van der Waals surface area contributed by atoms with Crippen molar-refractivity contribution in [3.05, 3.63) is 65.7 Å². The molecule has 0 radical (unpaired) electrons. The minimum atomic E-state index is -3.35. The summed E-state index contributed by atoms with van der Waals surface area (Å²) in [7, 11) is -3.35. The minimum Gasteiger partial charge on any atom is -0.349 e. The fourth-order valence-electron chi connectivity index (χ4n) is 6.25. The molecule has 2 heterocycles. The van der Waals surface area contributed by atoms with Crippen LogP contribution in [0, 0.1) is 5.92 Å². The second-order valence-electron chi connectivity index (χ2n) is 12.1. The van der Waals surface area contributed by atoms with Gasteiger partial charge >= 0.3 is 6.03 Å². The van der Waals surface area contributed by atoms with Crippen LogP contribution in [-0.4, -0.2) is 73.4 Å². The lowest BCUT2D eigenvalue weighted by Gasteiger charge is -2.38. The maximum absolute atomic E-state index is 13.6. The number of piperidine rings is 1. The molecule has 2 aromatic rings. The number of nitrogens with one attached hydrogen (secondary N) is 2. The number of halogens is 2. The number of benzene rings is 2. The van der Waals surface area contributed by atoms with E-state index in [0.717, 1.165) is 11.8 Å². The molecular weight excluding hydrogens is 578 g/mol. The molecule has 0 unspecified atom stereocenters. The zero-order valence-electron chi connectivity index (χ0n) is 24.2. The highest BCUT2D eigenvalue weighted by Gasteiger charge is 2.52. The summed E-state index contributed by atoms with van der Waals surface area (Å²) in [6, 6.07) is 15.0. The molecule has 1 saturated carbocycles. The van der Waals surface area contributed by atoms with Crippen molar-refractivity contribution in [3.8, 4) is 0 Å². The van der Waals surface area contributed by atoms with Gasteiger partial charge in [-0.25, -0.2) is 22.0 Å². The number of sulfone groups is 1. The first-order valence-electron chi connectivity index (χ1n) is 14.7. The van der Waals surface area contributed by atoms with Gasteiger partial charge in [0.15, 0.2) is 9.84 Å². The Morgan fingerprint density at radius 3 is 2.23 bits per heavy atom. The van der Waals surface area contributed by atoms with E-state index in [1.807, 2.05) is 30.3 Å². The normalized spacial score (nSPS) is 21.5. The lowest BCUT2D eigenvalue weighted by Crippen LogP contribution is -2.55. The number of hydrogen-bond donors (Lipinski definition) is 2.